The van der Waals surface area contributed by atoms with Crippen molar-refractivity contribution in [1.29, 1.82) is 0 Å². The number of nitrogens with one attached hydrogen (secondary N) is 1. The summed E-state index contributed by atoms with van der Waals surface area (Å²) in [6, 6.07) is 0.421. The van der Waals surface area contributed by atoms with Gasteiger partial charge in [-0.1, -0.05) is 0 Å². The molecule has 1 aromatic rings. The zero-order chi connectivity index (χ0) is 13.5. The van der Waals surface area contributed by atoms with E-state index in [9.17, 15) is 0 Å². The first-order valence-corrected chi connectivity index (χ1v) is 6.46. The number of hydrogen-bond donors (Lipinski definition) is 2. The quantitative estimate of drug-likeness (QED) is 0.728. The first-order chi connectivity index (χ1) is 8.60. The van der Waals surface area contributed by atoms with Crippen LogP contribution >= 0.6 is 0 Å². The van der Waals surface area contributed by atoms with E-state index in [2.05, 4.69) is 17.3 Å². The number of ether oxygens (including phenoxy) is 1. The molecule has 1 rings (SSSR count). The normalized spacial score (nSPS) is 12.9. The molecule has 0 aromatic carbocycles. The van der Waals surface area contributed by atoms with Gasteiger partial charge in [-0.3, -0.25) is 4.68 Å². The van der Waals surface area contributed by atoms with E-state index in [0.29, 0.717) is 12.6 Å². The van der Waals surface area contributed by atoms with Crippen molar-refractivity contribution in [2.45, 2.75) is 46.3 Å². The van der Waals surface area contributed by atoms with Crippen LogP contribution in [0.3, 0.4) is 0 Å². The summed E-state index contributed by atoms with van der Waals surface area (Å²) >= 11 is 0. The van der Waals surface area contributed by atoms with E-state index < -0.39 is 0 Å². The standard InChI is InChI=1S/C13H25N3O2/c1-10(5-8-18-4)14-9-13-11(2)15-16(6-7-17)12(13)3/h10,14,17H,5-9H2,1-4H3. The summed E-state index contributed by atoms with van der Waals surface area (Å²) in [7, 11) is 1.72. The fourth-order valence-electron chi connectivity index (χ4n) is 1.98. The van der Waals surface area contributed by atoms with Gasteiger partial charge in [0.1, 0.15) is 0 Å². The Morgan fingerprint density at radius 1 is 1.44 bits per heavy atom. The van der Waals surface area contributed by atoms with Gasteiger partial charge in [0.2, 0.25) is 0 Å². The minimum Gasteiger partial charge on any atom is -0.394 e. The maximum atomic E-state index is 8.97. The molecule has 0 aliphatic rings. The van der Waals surface area contributed by atoms with Gasteiger partial charge in [-0.05, 0) is 27.2 Å². The van der Waals surface area contributed by atoms with Gasteiger partial charge in [-0.25, -0.2) is 0 Å². The van der Waals surface area contributed by atoms with Gasteiger partial charge in [0.05, 0.1) is 18.8 Å². The molecule has 1 aromatic heterocycles. The SMILES string of the molecule is COCCC(C)NCc1c(C)nn(CCO)c1C. The van der Waals surface area contributed by atoms with Gasteiger partial charge in [-0.2, -0.15) is 5.10 Å². The third kappa shape index (κ3) is 4.08. The highest BCUT2D eigenvalue weighted by Gasteiger charge is 2.11. The Morgan fingerprint density at radius 3 is 2.78 bits per heavy atom. The maximum absolute atomic E-state index is 8.97. The number of aliphatic hydroxyl groups excluding tert-OH is 1. The summed E-state index contributed by atoms with van der Waals surface area (Å²) in [6.07, 6.45) is 0.999. The largest absolute Gasteiger partial charge is 0.394 e. The molecular weight excluding hydrogens is 230 g/mol. The van der Waals surface area contributed by atoms with Crippen molar-refractivity contribution in [2.24, 2.45) is 0 Å². The van der Waals surface area contributed by atoms with Gasteiger partial charge in [0.25, 0.3) is 0 Å². The van der Waals surface area contributed by atoms with Crippen LogP contribution in [-0.4, -0.2) is 41.3 Å². The number of methoxy groups -OCH3 is 1. The zero-order valence-electron chi connectivity index (χ0n) is 11.9. The predicted molar refractivity (Wildman–Crippen MR) is 71.6 cm³/mol. The summed E-state index contributed by atoms with van der Waals surface area (Å²) in [4.78, 5) is 0. The van der Waals surface area contributed by atoms with Crippen molar-refractivity contribution in [2.75, 3.05) is 20.3 Å². The van der Waals surface area contributed by atoms with Crippen LogP contribution < -0.4 is 5.32 Å². The van der Waals surface area contributed by atoms with E-state index >= 15 is 0 Å². The predicted octanol–water partition coefficient (Wildman–Crippen LogP) is 1.01. The van der Waals surface area contributed by atoms with Crippen LogP contribution in [0.2, 0.25) is 0 Å². The van der Waals surface area contributed by atoms with E-state index in [-0.39, 0.29) is 6.61 Å². The second-order valence-electron chi connectivity index (χ2n) is 4.66. The monoisotopic (exact) mass is 255 g/mol. The summed E-state index contributed by atoms with van der Waals surface area (Å²) in [5.41, 5.74) is 3.40. The molecule has 0 saturated carbocycles. The average molecular weight is 255 g/mol. The Bertz CT molecular complexity index is 363. The number of aromatic nitrogens is 2. The summed E-state index contributed by atoms with van der Waals surface area (Å²) < 4.78 is 6.93. The van der Waals surface area contributed by atoms with Crippen LogP contribution in [0.15, 0.2) is 0 Å². The van der Waals surface area contributed by atoms with Crippen LogP contribution in [0.25, 0.3) is 0 Å². The molecule has 0 radical (unpaired) electrons. The Balaban J connectivity index is 2.56. The molecule has 0 amide bonds. The molecule has 18 heavy (non-hydrogen) atoms. The van der Waals surface area contributed by atoms with E-state index in [1.807, 2.05) is 18.5 Å². The lowest BCUT2D eigenvalue weighted by atomic mass is 10.1. The molecule has 5 nitrogen and oxygen atoms in total. The minimum atomic E-state index is 0.124. The van der Waals surface area contributed by atoms with Crippen LogP contribution in [0.4, 0.5) is 0 Å². The van der Waals surface area contributed by atoms with Crippen LogP contribution in [-0.2, 0) is 17.8 Å². The molecule has 1 heterocycles. The van der Waals surface area contributed by atoms with Crippen molar-refractivity contribution in [3.05, 3.63) is 17.0 Å². The summed E-state index contributed by atoms with van der Waals surface area (Å²) in [5, 5.41) is 16.9. The molecule has 2 N–H and O–H groups in total. The highest BCUT2D eigenvalue weighted by molar-refractivity contribution is 5.24. The Kier molecular flexibility index (Phi) is 6.32. The van der Waals surface area contributed by atoms with E-state index in [4.69, 9.17) is 9.84 Å². The number of aliphatic hydroxyl groups is 1. The van der Waals surface area contributed by atoms with Crippen molar-refractivity contribution in [3.8, 4) is 0 Å². The van der Waals surface area contributed by atoms with E-state index in [1.165, 1.54) is 5.56 Å². The molecule has 1 atom stereocenters. The lowest BCUT2D eigenvalue weighted by Crippen LogP contribution is -2.27. The van der Waals surface area contributed by atoms with Gasteiger partial charge < -0.3 is 15.2 Å². The smallest absolute Gasteiger partial charge is 0.0644 e. The Labute approximate surface area is 109 Å². The molecule has 0 fully saturated rings. The van der Waals surface area contributed by atoms with Crippen molar-refractivity contribution >= 4 is 0 Å². The molecule has 104 valence electrons. The fourth-order valence-corrected chi connectivity index (χ4v) is 1.98. The lowest BCUT2D eigenvalue weighted by Gasteiger charge is -2.13. The number of hydrogen-bond acceptors (Lipinski definition) is 4. The molecule has 0 aliphatic carbocycles. The van der Waals surface area contributed by atoms with Gasteiger partial charge >= 0.3 is 0 Å². The van der Waals surface area contributed by atoms with Crippen molar-refractivity contribution in [1.82, 2.24) is 15.1 Å². The number of aryl methyl sites for hydroxylation is 1. The maximum Gasteiger partial charge on any atom is 0.0644 e. The van der Waals surface area contributed by atoms with Crippen molar-refractivity contribution in [3.63, 3.8) is 0 Å². The van der Waals surface area contributed by atoms with Gasteiger partial charge in [0.15, 0.2) is 0 Å². The van der Waals surface area contributed by atoms with E-state index in [1.54, 1.807) is 7.11 Å². The van der Waals surface area contributed by atoms with Crippen LogP contribution in [0, 0.1) is 13.8 Å². The molecule has 0 aliphatic heterocycles. The zero-order valence-corrected chi connectivity index (χ0v) is 11.9. The third-order valence-electron chi connectivity index (χ3n) is 3.23. The highest BCUT2D eigenvalue weighted by atomic mass is 16.5. The summed E-state index contributed by atoms with van der Waals surface area (Å²) in [6.45, 7) is 8.49. The second-order valence-corrected chi connectivity index (χ2v) is 4.66. The first-order valence-electron chi connectivity index (χ1n) is 6.46. The minimum absolute atomic E-state index is 0.124. The molecule has 0 saturated heterocycles. The fraction of sp³-hybridized carbons (Fsp3) is 0.769. The Morgan fingerprint density at radius 2 is 2.17 bits per heavy atom. The average Bonchev–Trinajstić information content (AvgIpc) is 2.60. The molecule has 0 bridgehead atoms. The van der Waals surface area contributed by atoms with Gasteiger partial charge in [-0.15, -0.1) is 0 Å². The van der Waals surface area contributed by atoms with E-state index in [0.717, 1.165) is 31.0 Å². The van der Waals surface area contributed by atoms with Gasteiger partial charge in [0, 0.05) is 37.6 Å². The molecule has 1 unspecified atom stereocenters. The molecule has 5 heteroatoms. The van der Waals surface area contributed by atoms with Crippen LogP contribution in [0.1, 0.15) is 30.3 Å². The molecular formula is C13H25N3O2. The number of rotatable bonds is 8. The Hall–Kier alpha value is -0.910. The number of nitrogens with zero attached hydrogens (tertiary/aromatic N) is 2. The highest BCUT2D eigenvalue weighted by Crippen LogP contribution is 2.13. The van der Waals surface area contributed by atoms with Crippen LogP contribution in [0.5, 0.6) is 0 Å². The summed E-state index contributed by atoms with van der Waals surface area (Å²) in [5.74, 6) is 0. The lowest BCUT2D eigenvalue weighted by molar-refractivity contribution is 0.184. The van der Waals surface area contributed by atoms with Crippen molar-refractivity contribution < 1.29 is 9.84 Å². The second kappa shape index (κ2) is 7.51. The molecule has 0 spiro atoms. The third-order valence-corrected chi connectivity index (χ3v) is 3.23. The first kappa shape index (κ1) is 15.1. The topological polar surface area (TPSA) is 59.3 Å².